The summed E-state index contributed by atoms with van der Waals surface area (Å²) in [5, 5.41) is 8.81. The zero-order valence-electron chi connectivity index (χ0n) is 9.26. The zero-order chi connectivity index (χ0) is 13.1. The zero-order valence-corrected chi connectivity index (χ0v) is 9.26. The highest BCUT2D eigenvalue weighted by molar-refractivity contribution is 5.93. The minimum atomic E-state index is -1.11. The van der Waals surface area contributed by atoms with Crippen LogP contribution in [0.4, 0.5) is 10.1 Å². The van der Waals surface area contributed by atoms with Crippen molar-refractivity contribution in [2.24, 2.45) is 0 Å². The van der Waals surface area contributed by atoms with Crippen LogP contribution in [0.25, 0.3) is 0 Å². The molecule has 0 radical (unpaired) electrons. The van der Waals surface area contributed by atoms with Crippen LogP contribution >= 0.6 is 0 Å². The number of aromatic carboxylic acids is 1. The first-order valence-electron chi connectivity index (χ1n) is 5.12. The molecule has 18 heavy (non-hydrogen) atoms. The predicted molar refractivity (Wildman–Crippen MR) is 64.3 cm³/mol. The molecule has 0 amide bonds. The van der Waals surface area contributed by atoms with Gasteiger partial charge in [0.05, 0.1) is 5.56 Å². The maximum absolute atomic E-state index is 12.9. The lowest BCUT2D eigenvalue weighted by molar-refractivity contribution is 0.0698. The molecule has 0 fully saturated rings. The number of rotatable bonds is 3. The number of halogens is 1. The second kappa shape index (κ2) is 4.75. The molecule has 2 aromatic rings. The third kappa shape index (κ3) is 2.57. The van der Waals surface area contributed by atoms with Crippen molar-refractivity contribution >= 4 is 11.7 Å². The highest BCUT2D eigenvalue weighted by atomic mass is 19.1. The minimum absolute atomic E-state index is 0.00147. The second-order valence-corrected chi connectivity index (χ2v) is 3.61. The van der Waals surface area contributed by atoms with Crippen LogP contribution in [-0.2, 0) is 0 Å². The van der Waals surface area contributed by atoms with Gasteiger partial charge in [0.15, 0.2) is 0 Å². The summed E-state index contributed by atoms with van der Waals surface area (Å²) < 4.78 is 18.3. The largest absolute Gasteiger partial charge is 0.478 e. The van der Waals surface area contributed by atoms with Gasteiger partial charge in [0.25, 0.3) is 0 Å². The van der Waals surface area contributed by atoms with Gasteiger partial charge in [0, 0.05) is 17.8 Å². The molecule has 4 nitrogen and oxygen atoms in total. The summed E-state index contributed by atoms with van der Waals surface area (Å²) in [6, 6.07) is 9.81. The first kappa shape index (κ1) is 11.9. The summed E-state index contributed by atoms with van der Waals surface area (Å²) in [6.45, 7) is 0. The fourth-order valence-corrected chi connectivity index (χ4v) is 1.47. The molecule has 0 aromatic heterocycles. The molecule has 5 heteroatoms. The van der Waals surface area contributed by atoms with Crippen LogP contribution in [0.5, 0.6) is 11.5 Å². The van der Waals surface area contributed by atoms with E-state index in [-0.39, 0.29) is 11.3 Å². The van der Waals surface area contributed by atoms with Crippen LogP contribution < -0.4 is 10.5 Å². The fourth-order valence-electron chi connectivity index (χ4n) is 1.47. The number of carboxylic acids is 1. The molecule has 0 aliphatic heterocycles. The van der Waals surface area contributed by atoms with E-state index in [4.69, 9.17) is 15.6 Å². The molecule has 0 atom stereocenters. The summed E-state index contributed by atoms with van der Waals surface area (Å²) in [4.78, 5) is 10.8. The number of anilines is 1. The molecule has 0 unspecified atom stereocenters. The Kier molecular flexibility index (Phi) is 3.14. The molecule has 0 heterocycles. The Balaban J connectivity index is 2.25. The molecule has 3 N–H and O–H groups in total. The molecule has 0 saturated carbocycles. The molecule has 92 valence electrons. The van der Waals surface area contributed by atoms with Gasteiger partial charge in [0.1, 0.15) is 17.3 Å². The standard InChI is InChI=1S/C13H10FNO3/c14-8-2-1-3-9(6-8)18-10-4-5-11(13(16)17)12(15)7-10/h1-7H,15H2,(H,16,17). The molecule has 0 spiro atoms. The quantitative estimate of drug-likeness (QED) is 0.818. The Morgan fingerprint density at radius 3 is 2.50 bits per heavy atom. The van der Waals surface area contributed by atoms with Gasteiger partial charge >= 0.3 is 5.97 Å². The predicted octanol–water partition coefficient (Wildman–Crippen LogP) is 2.90. The van der Waals surface area contributed by atoms with E-state index in [2.05, 4.69) is 0 Å². The summed E-state index contributed by atoms with van der Waals surface area (Å²) in [7, 11) is 0. The molecular formula is C13H10FNO3. The van der Waals surface area contributed by atoms with E-state index >= 15 is 0 Å². The lowest BCUT2D eigenvalue weighted by Crippen LogP contribution is -2.02. The maximum atomic E-state index is 12.9. The van der Waals surface area contributed by atoms with E-state index in [1.54, 1.807) is 6.07 Å². The highest BCUT2D eigenvalue weighted by Crippen LogP contribution is 2.25. The molecule has 2 rings (SSSR count). The number of nitrogen functional groups attached to an aromatic ring is 1. The van der Waals surface area contributed by atoms with Gasteiger partial charge in [-0.3, -0.25) is 0 Å². The van der Waals surface area contributed by atoms with Crippen molar-refractivity contribution in [1.82, 2.24) is 0 Å². The van der Waals surface area contributed by atoms with Crippen LogP contribution in [0, 0.1) is 5.82 Å². The number of benzene rings is 2. The fraction of sp³-hybridized carbons (Fsp3) is 0. The van der Waals surface area contributed by atoms with E-state index < -0.39 is 11.8 Å². The topological polar surface area (TPSA) is 72.5 Å². The molecule has 0 saturated heterocycles. The lowest BCUT2D eigenvalue weighted by atomic mass is 10.2. The van der Waals surface area contributed by atoms with Crippen LogP contribution in [0.2, 0.25) is 0 Å². The van der Waals surface area contributed by atoms with Crippen molar-refractivity contribution in [2.75, 3.05) is 5.73 Å². The van der Waals surface area contributed by atoms with Crippen molar-refractivity contribution in [3.05, 3.63) is 53.8 Å². The van der Waals surface area contributed by atoms with E-state index in [1.165, 1.54) is 36.4 Å². The van der Waals surface area contributed by atoms with Crippen molar-refractivity contribution in [2.45, 2.75) is 0 Å². The van der Waals surface area contributed by atoms with Crippen LogP contribution in [-0.4, -0.2) is 11.1 Å². The lowest BCUT2D eigenvalue weighted by Gasteiger charge is -2.07. The summed E-state index contributed by atoms with van der Waals surface area (Å²) in [5.41, 5.74) is 5.67. The second-order valence-electron chi connectivity index (χ2n) is 3.61. The van der Waals surface area contributed by atoms with Crippen molar-refractivity contribution in [1.29, 1.82) is 0 Å². The Hall–Kier alpha value is -2.56. The molecular weight excluding hydrogens is 237 g/mol. The van der Waals surface area contributed by atoms with E-state index in [0.717, 1.165) is 0 Å². The molecule has 0 aliphatic rings. The average Bonchev–Trinajstić information content (AvgIpc) is 2.28. The van der Waals surface area contributed by atoms with Gasteiger partial charge in [0.2, 0.25) is 0 Å². The third-order valence-corrected chi connectivity index (χ3v) is 2.29. The van der Waals surface area contributed by atoms with Crippen LogP contribution in [0.1, 0.15) is 10.4 Å². The Morgan fingerprint density at radius 1 is 1.17 bits per heavy atom. The van der Waals surface area contributed by atoms with Crippen LogP contribution in [0.3, 0.4) is 0 Å². The average molecular weight is 247 g/mol. The van der Waals surface area contributed by atoms with E-state index in [1.807, 2.05) is 0 Å². The number of carbonyl (C=O) groups is 1. The Morgan fingerprint density at radius 2 is 1.89 bits per heavy atom. The number of ether oxygens (including phenoxy) is 1. The summed E-state index contributed by atoms with van der Waals surface area (Å²) in [6.07, 6.45) is 0. The van der Waals surface area contributed by atoms with Crippen molar-refractivity contribution in [3.63, 3.8) is 0 Å². The van der Waals surface area contributed by atoms with Gasteiger partial charge < -0.3 is 15.6 Å². The highest BCUT2D eigenvalue weighted by Gasteiger charge is 2.09. The maximum Gasteiger partial charge on any atom is 0.337 e. The first-order chi connectivity index (χ1) is 8.56. The van der Waals surface area contributed by atoms with E-state index in [9.17, 15) is 9.18 Å². The van der Waals surface area contributed by atoms with Gasteiger partial charge in [-0.2, -0.15) is 0 Å². The van der Waals surface area contributed by atoms with Crippen LogP contribution in [0.15, 0.2) is 42.5 Å². The molecule has 2 aromatic carbocycles. The third-order valence-electron chi connectivity index (χ3n) is 2.29. The first-order valence-corrected chi connectivity index (χ1v) is 5.12. The number of carboxylic acid groups (broad SMARTS) is 1. The Labute approximate surface area is 102 Å². The normalized spacial score (nSPS) is 10.1. The monoisotopic (exact) mass is 247 g/mol. The number of nitrogens with two attached hydrogens (primary N) is 1. The van der Waals surface area contributed by atoms with Crippen molar-refractivity contribution < 1.29 is 19.0 Å². The number of hydrogen-bond acceptors (Lipinski definition) is 3. The molecule has 0 aliphatic carbocycles. The van der Waals surface area contributed by atoms with Gasteiger partial charge in [-0.1, -0.05) is 6.07 Å². The van der Waals surface area contributed by atoms with Gasteiger partial charge in [-0.25, -0.2) is 9.18 Å². The smallest absolute Gasteiger partial charge is 0.337 e. The number of hydrogen-bond donors (Lipinski definition) is 2. The van der Waals surface area contributed by atoms with Gasteiger partial charge in [-0.15, -0.1) is 0 Å². The van der Waals surface area contributed by atoms with Gasteiger partial charge in [-0.05, 0) is 24.3 Å². The SMILES string of the molecule is Nc1cc(Oc2cccc(F)c2)ccc1C(=O)O. The van der Waals surface area contributed by atoms with Crippen molar-refractivity contribution in [3.8, 4) is 11.5 Å². The molecule has 0 bridgehead atoms. The summed E-state index contributed by atoms with van der Waals surface area (Å²) >= 11 is 0. The Bertz CT molecular complexity index is 599. The minimum Gasteiger partial charge on any atom is -0.478 e. The summed E-state index contributed by atoms with van der Waals surface area (Å²) in [5.74, 6) is -0.854. The van der Waals surface area contributed by atoms with E-state index in [0.29, 0.717) is 11.5 Å².